The second kappa shape index (κ2) is 8.87. The molecule has 0 atom stereocenters. The van der Waals surface area contributed by atoms with Crippen molar-refractivity contribution in [1.29, 1.82) is 0 Å². The van der Waals surface area contributed by atoms with Gasteiger partial charge < -0.3 is 10.6 Å². The number of amides is 2. The van der Waals surface area contributed by atoms with E-state index in [2.05, 4.69) is 15.6 Å². The molecule has 0 aliphatic rings. The summed E-state index contributed by atoms with van der Waals surface area (Å²) in [6, 6.07) is 11.7. The molecule has 1 aromatic heterocycles. The quantitative estimate of drug-likeness (QED) is 0.650. The zero-order valence-corrected chi connectivity index (χ0v) is 16.9. The molecule has 3 rings (SSSR count). The molecule has 2 aromatic carbocycles. The van der Waals surface area contributed by atoms with Crippen LogP contribution in [0.25, 0.3) is 10.9 Å². The van der Waals surface area contributed by atoms with Crippen LogP contribution in [-0.4, -0.2) is 27.4 Å². The van der Waals surface area contributed by atoms with Crippen LogP contribution in [0.2, 0.25) is 5.02 Å². The van der Waals surface area contributed by atoms with Gasteiger partial charge in [-0.1, -0.05) is 23.7 Å². The highest BCUT2D eigenvalue weighted by molar-refractivity contribution is 6.31. The van der Waals surface area contributed by atoms with E-state index in [1.54, 1.807) is 30.3 Å². The van der Waals surface area contributed by atoms with E-state index in [1.807, 2.05) is 19.9 Å². The van der Waals surface area contributed by atoms with Gasteiger partial charge in [-0.25, -0.2) is 4.98 Å². The summed E-state index contributed by atoms with van der Waals surface area (Å²) in [5.74, 6) is -0.646. The SMILES string of the molecule is CC(C)NC(=O)c1ccc(Cl)cc1NC(=O)CCn1cnc2ccccc2c1=O. The van der Waals surface area contributed by atoms with E-state index in [0.29, 0.717) is 27.2 Å². The van der Waals surface area contributed by atoms with E-state index in [-0.39, 0.29) is 36.4 Å². The maximum Gasteiger partial charge on any atom is 0.261 e. The Hall–Kier alpha value is -3.19. The fourth-order valence-corrected chi connectivity index (χ4v) is 3.03. The highest BCUT2D eigenvalue weighted by Gasteiger charge is 2.15. The monoisotopic (exact) mass is 412 g/mol. The fraction of sp³-hybridized carbons (Fsp3) is 0.238. The normalized spacial score (nSPS) is 10.9. The molecule has 2 N–H and O–H groups in total. The van der Waals surface area contributed by atoms with E-state index in [1.165, 1.54) is 17.0 Å². The summed E-state index contributed by atoms with van der Waals surface area (Å²) in [5.41, 5.74) is 1.05. The number of rotatable bonds is 6. The molecule has 29 heavy (non-hydrogen) atoms. The molecule has 3 aromatic rings. The van der Waals surface area contributed by atoms with Crippen LogP contribution in [0.1, 0.15) is 30.6 Å². The molecule has 1 heterocycles. The van der Waals surface area contributed by atoms with Crippen LogP contribution in [0.3, 0.4) is 0 Å². The second-order valence-electron chi connectivity index (χ2n) is 6.88. The van der Waals surface area contributed by atoms with Gasteiger partial charge in [0.05, 0.1) is 28.5 Å². The van der Waals surface area contributed by atoms with Crippen molar-refractivity contribution in [3.8, 4) is 0 Å². The van der Waals surface area contributed by atoms with Crippen LogP contribution in [0.4, 0.5) is 5.69 Å². The Morgan fingerprint density at radius 1 is 1.17 bits per heavy atom. The number of para-hydroxylation sites is 1. The van der Waals surface area contributed by atoms with Crippen molar-refractivity contribution in [1.82, 2.24) is 14.9 Å². The molecule has 8 heteroatoms. The van der Waals surface area contributed by atoms with Crippen molar-refractivity contribution < 1.29 is 9.59 Å². The summed E-state index contributed by atoms with van der Waals surface area (Å²) in [7, 11) is 0. The minimum atomic E-state index is -0.342. The van der Waals surface area contributed by atoms with Gasteiger partial charge in [-0.3, -0.25) is 19.0 Å². The fourth-order valence-electron chi connectivity index (χ4n) is 2.86. The first-order valence-corrected chi connectivity index (χ1v) is 9.57. The number of aromatic nitrogens is 2. The van der Waals surface area contributed by atoms with Crippen molar-refractivity contribution in [3.05, 3.63) is 69.7 Å². The third-order valence-electron chi connectivity index (χ3n) is 4.23. The Morgan fingerprint density at radius 3 is 2.69 bits per heavy atom. The third kappa shape index (κ3) is 5.00. The minimum absolute atomic E-state index is 0.0394. The molecule has 0 spiro atoms. The molecular formula is C21H21ClN4O3. The average molecular weight is 413 g/mol. The van der Waals surface area contributed by atoms with Crippen molar-refractivity contribution in [2.24, 2.45) is 0 Å². The van der Waals surface area contributed by atoms with Crippen LogP contribution >= 0.6 is 11.6 Å². The minimum Gasteiger partial charge on any atom is -0.350 e. The number of nitrogens with one attached hydrogen (secondary N) is 2. The van der Waals surface area contributed by atoms with E-state index >= 15 is 0 Å². The molecule has 0 unspecified atom stereocenters. The number of aryl methyl sites for hydroxylation is 1. The highest BCUT2D eigenvalue weighted by Crippen LogP contribution is 2.21. The molecule has 0 aliphatic heterocycles. The number of carbonyl (C=O) groups is 2. The standard InChI is InChI=1S/C21H21ClN4O3/c1-13(2)24-20(28)15-8-7-14(22)11-18(15)25-19(27)9-10-26-12-23-17-6-4-3-5-16(17)21(26)29/h3-8,11-13H,9-10H2,1-2H3,(H,24,28)(H,25,27). The lowest BCUT2D eigenvalue weighted by Crippen LogP contribution is -2.31. The number of carbonyl (C=O) groups excluding carboxylic acids is 2. The highest BCUT2D eigenvalue weighted by atomic mass is 35.5. The van der Waals surface area contributed by atoms with Crippen LogP contribution in [0.5, 0.6) is 0 Å². The van der Waals surface area contributed by atoms with Crippen molar-refractivity contribution in [2.45, 2.75) is 32.9 Å². The van der Waals surface area contributed by atoms with E-state index in [0.717, 1.165) is 0 Å². The molecule has 0 radical (unpaired) electrons. The molecule has 150 valence electrons. The van der Waals surface area contributed by atoms with Gasteiger partial charge in [-0.2, -0.15) is 0 Å². The third-order valence-corrected chi connectivity index (χ3v) is 4.47. The van der Waals surface area contributed by atoms with Gasteiger partial charge in [-0.15, -0.1) is 0 Å². The van der Waals surface area contributed by atoms with Crippen LogP contribution in [0.15, 0.2) is 53.6 Å². The van der Waals surface area contributed by atoms with Crippen LogP contribution < -0.4 is 16.2 Å². The van der Waals surface area contributed by atoms with Gasteiger partial charge in [0.25, 0.3) is 11.5 Å². The Kier molecular flexibility index (Phi) is 6.29. The molecule has 2 amide bonds. The smallest absolute Gasteiger partial charge is 0.261 e. The van der Waals surface area contributed by atoms with Gasteiger partial charge in [0, 0.05) is 24.0 Å². The molecule has 0 aliphatic carbocycles. The number of hydrogen-bond acceptors (Lipinski definition) is 4. The molecular weight excluding hydrogens is 392 g/mol. The maximum absolute atomic E-state index is 12.5. The Bertz CT molecular complexity index is 1120. The van der Waals surface area contributed by atoms with Gasteiger partial charge in [0.15, 0.2) is 0 Å². The molecule has 0 saturated carbocycles. The van der Waals surface area contributed by atoms with Crippen LogP contribution in [-0.2, 0) is 11.3 Å². The van der Waals surface area contributed by atoms with E-state index < -0.39 is 0 Å². The summed E-state index contributed by atoms with van der Waals surface area (Å²) >= 11 is 6.02. The summed E-state index contributed by atoms with van der Waals surface area (Å²) in [6.07, 6.45) is 1.47. The van der Waals surface area contributed by atoms with Crippen molar-refractivity contribution >= 4 is 40.0 Å². The van der Waals surface area contributed by atoms with Gasteiger partial charge in [0.2, 0.25) is 5.91 Å². The first kappa shape index (κ1) is 20.5. The van der Waals surface area contributed by atoms with E-state index in [4.69, 9.17) is 11.6 Å². The van der Waals surface area contributed by atoms with Crippen LogP contribution in [0, 0.1) is 0 Å². The first-order chi connectivity index (χ1) is 13.8. The zero-order chi connectivity index (χ0) is 21.0. The second-order valence-corrected chi connectivity index (χ2v) is 7.31. The van der Waals surface area contributed by atoms with Crippen molar-refractivity contribution in [2.75, 3.05) is 5.32 Å². The number of halogens is 1. The lowest BCUT2D eigenvalue weighted by molar-refractivity contribution is -0.116. The molecule has 7 nitrogen and oxygen atoms in total. The number of anilines is 1. The lowest BCUT2D eigenvalue weighted by Gasteiger charge is -2.14. The largest absolute Gasteiger partial charge is 0.350 e. The Balaban J connectivity index is 1.73. The molecule has 0 bridgehead atoms. The average Bonchev–Trinajstić information content (AvgIpc) is 2.67. The Labute approximate surface area is 172 Å². The first-order valence-electron chi connectivity index (χ1n) is 9.19. The Morgan fingerprint density at radius 2 is 1.93 bits per heavy atom. The summed E-state index contributed by atoms with van der Waals surface area (Å²) < 4.78 is 1.40. The number of hydrogen-bond donors (Lipinski definition) is 2. The predicted octanol–water partition coefficient (Wildman–Crippen LogP) is 3.22. The number of fused-ring (bicyclic) bond motifs is 1. The topological polar surface area (TPSA) is 93.1 Å². The van der Waals surface area contributed by atoms with E-state index in [9.17, 15) is 14.4 Å². The summed E-state index contributed by atoms with van der Waals surface area (Å²) in [5, 5.41) is 6.40. The molecule has 0 fully saturated rings. The van der Waals surface area contributed by atoms with Gasteiger partial charge >= 0.3 is 0 Å². The van der Waals surface area contributed by atoms with Gasteiger partial charge in [-0.05, 0) is 44.2 Å². The van der Waals surface area contributed by atoms with Crippen molar-refractivity contribution in [3.63, 3.8) is 0 Å². The maximum atomic E-state index is 12.5. The lowest BCUT2D eigenvalue weighted by atomic mass is 10.1. The number of nitrogens with zero attached hydrogens (tertiary/aromatic N) is 2. The predicted molar refractivity (Wildman–Crippen MR) is 113 cm³/mol. The molecule has 0 saturated heterocycles. The van der Waals surface area contributed by atoms with Gasteiger partial charge in [0.1, 0.15) is 0 Å². The summed E-state index contributed by atoms with van der Waals surface area (Å²) in [6.45, 7) is 3.86. The number of benzene rings is 2. The zero-order valence-electron chi connectivity index (χ0n) is 16.1. The summed E-state index contributed by atoms with van der Waals surface area (Å²) in [4.78, 5) is 41.6.